The highest BCUT2D eigenvalue weighted by Crippen LogP contribution is 2.56. The number of hydrogen-bond donors (Lipinski definition) is 0. The minimum Gasteiger partial charge on any atom is -0.312 e. The summed E-state index contributed by atoms with van der Waals surface area (Å²) in [4.78, 5) is 30.3. The highest BCUT2D eigenvalue weighted by atomic mass is 15.2. The van der Waals surface area contributed by atoms with Crippen molar-refractivity contribution in [2.75, 3.05) is 0 Å². The van der Waals surface area contributed by atoms with Crippen LogP contribution in [0, 0.1) is 0 Å². The van der Waals surface area contributed by atoms with Gasteiger partial charge in [-0.2, -0.15) is 9.97 Å². The predicted octanol–water partition coefficient (Wildman–Crippen LogP) is 19.7. The summed E-state index contributed by atoms with van der Waals surface area (Å²) in [6.45, 7) is 9.34. The predicted molar refractivity (Wildman–Crippen MR) is 370 cm³/mol. The second-order valence-electron chi connectivity index (χ2n) is 24.7. The lowest BCUT2D eigenvalue weighted by Gasteiger charge is -2.25. The maximum Gasteiger partial charge on any atom is 0.238 e. The van der Waals surface area contributed by atoms with Gasteiger partial charge in [0.05, 0.1) is 22.1 Å². The minimum absolute atomic E-state index is 0.243. The van der Waals surface area contributed by atoms with Crippen LogP contribution in [-0.4, -0.2) is 43.6 Å². The number of fused-ring (bicyclic) bond motifs is 13. The average Bonchev–Trinajstić information content (AvgIpc) is 1.55. The Balaban J connectivity index is 0.000000142. The van der Waals surface area contributed by atoms with Crippen LogP contribution in [0.4, 0.5) is 0 Å². The molecule has 2 aliphatic carbocycles. The zero-order valence-electron chi connectivity index (χ0n) is 50.7. The Bertz CT molecular complexity index is 5400. The van der Waals surface area contributed by atoms with Gasteiger partial charge in [0, 0.05) is 94.1 Å². The third-order valence-electron chi connectivity index (χ3n) is 18.5. The molecule has 0 saturated heterocycles. The van der Waals surface area contributed by atoms with Gasteiger partial charge in [-0.25, -0.2) is 19.9 Å². The van der Waals surface area contributed by atoms with Crippen LogP contribution in [-0.2, 0) is 10.8 Å². The normalized spacial score (nSPS) is 13.2. The SMILES string of the molecule is CC1(C)c2cc(-c3nc(-c4ccccc4)nc(-c4ccccc4)n3)ccc2-c2c1n(-c1ccccc1)c1ccccc21.CC1(C)c2cc(-c3nc(-c4ccccc4)nc(-n4c5ccccc5c5ccccc54)n3)ccc2-c2c1n(-c1ccccc1)c1ccccc21. The van der Waals surface area contributed by atoms with E-state index in [1.165, 1.54) is 88.7 Å². The first kappa shape index (κ1) is 53.6. The molecule has 0 bridgehead atoms. The maximum absolute atomic E-state index is 5.23. The van der Waals surface area contributed by atoms with Crippen molar-refractivity contribution in [3.05, 3.63) is 308 Å². The Labute approximate surface area is 527 Å². The van der Waals surface area contributed by atoms with E-state index in [9.17, 15) is 0 Å². The second-order valence-corrected chi connectivity index (χ2v) is 24.7. The molecule has 18 rings (SSSR count). The van der Waals surface area contributed by atoms with Gasteiger partial charge in [-0.1, -0.05) is 252 Å². The first-order valence-electron chi connectivity index (χ1n) is 31.0. The van der Waals surface area contributed by atoms with Crippen molar-refractivity contribution in [2.45, 2.75) is 38.5 Å². The number of benzene rings is 11. The molecular weight excluding hydrogens is 1110 g/mol. The van der Waals surface area contributed by atoms with E-state index < -0.39 is 0 Å². The number of rotatable bonds is 8. The second kappa shape index (κ2) is 21.0. The average molecular weight is 1170 g/mol. The summed E-state index contributed by atoms with van der Waals surface area (Å²) < 4.78 is 7.06. The van der Waals surface area contributed by atoms with E-state index in [4.69, 9.17) is 29.9 Å². The molecule has 9 nitrogen and oxygen atoms in total. The number of para-hydroxylation sites is 6. The summed E-state index contributed by atoms with van der Waals surface area (Å²) >= 11 is 0. The van der Waals surface area contributed by atoms with Crippen LogP contribution >= 0.6 is 0 Å². The van der Waals surface area contributed by atoms with Crippen LogP contribution in [0.15, 0.2) is 285 Å². The Kier molecular flexibility index (Phi) is 12.4. The van der Waals surface area contributed by atoms with Crippen molar-refractivity contribution in [2.24, 2.45) is 0 Å². The zero-order chi connectivity index (χ0) is 61.0. The lowest BCUT2D eigenvalue weighted by molar-refractivity contribution is 0.624. The Morgan fingerprint density at radius 1 is 0.253 bits per heavy atom. The molecule has 0 N–H and O–H groups in total. The number of hydrogen-bond acceptors (Lipinski definition) is 6. The monoisotopic (exact) mass is 1170 g/mol. The Morgan fingerprint density at radius 3 is 0.912 bits per heavy atom. The molecule has 0 saturated carbocycles. The van der Waals surface area contributed by atoms with E-state index in [0.29, 0.717) is 35.1 Å². The van der Waals surface area contributed by atoms with Crippen LogP contribution in [0.1, 0.15) is 50.2 Å². The van der Waals surface area contributed by atoms with Crippen LogP contribution in [0.2, 0.25) is 0 Å². The number of aromatic nitrogens is 9. The summed E-state index contributed by atoms with van der Waals surface area (Å²) in [5.74, 6) is 3.91. The molecule has 0 spiro atoms. The lowest BCUT2D eigenvalue weighted by atomic mass is 9.84. The van der Waals surface area contributed by atoms with E-state index >= 15 is 0 Å². The number of nitrogens with zero attached hydrogens (tertiary/aromatic N) is 9. The van der Waals surface area contributed by atoms with Gasteiger partial charge < -0.3 is 9.13 Å². The molecule has 16 aromatic rings. The first-order chi connectivity index (χ1) is 44.7. The zero-order valence-corrected chi connectivity index (χ0v) is 50.7. The van der Waals surface area contributed by atoms with Gasteiger partial charge in [-0.15, -0.1) is 0 Å². The van der Waals surface area contributed by atoms with Crippen molar-refractivity contribution >= 4 is 43.6 Å². The van der Waals surface area contributed by atoms with Crippen LogP contribution < -0.4 is 0 Å². The van der Waals surface area contributed by atoms with Crippen molar-refractivity contribution in [3.8, 4) is 96.5 Å². The topological polar surface area (TPSA) is 92.1 Å². The Hall–Kier alpha value is -11.7. The van der Waals surface area contributed by atoms with E-state index in [-0.39, 0.29) is 10.8 Å². The highest BCUT2D eigenvalue weighted by molar-refractivity contribution is 6.09. The van der Waals surface area contributed by atoms with Gasteiger partial charge in [-0.05, 0) is 82.9 Å². The third kappa shape index (κ3) is 8.60. The minimum atomic E-state index is -0.277. The van der Waals surface area contributed by atoms with Crippen LogP contribution in [0.25, 0.3) is 140 Å². The molecule has 0 atom stereocenters. The maximum atomic E-state index is 5.23. The molecular formula is C82H59N9. The molecule has 0 unspecified atom stereocenters. The lowest BCUT2D eigenvalue weighted by Crippen LogP contribution is -2.20. The van der Waals surface area contributed by atoms with Crippen molar-refractivity contribution in [3.63, 3.8) is 0 Å². The first-order valence-corrected chi connectivity index (χ1v) is 31.0. The molecule has 5 aromatic heterocycles. The fourth-order valence-corrected chi connectivity index (χ4v) is 14.4. The standard InChI is InChI=1S/C44H31N5.C38H28N4/c1-44(2)35-27-29(25-26-33(35)39-34-21-11-14-24-38(34)48(40(39)44)30-17-7-4-8-18-30)42-45-41(28-15-5-3-6-16-28)46-43(47-42)49-36-22-12-9-19-31(36)32-20-10-13-23-37(32)49;1-38(2)31-24-27(37-40-35(25-14-6-3-7-15-25)39-36(41-37)26-16-8-4-9-17-26)22-23-29(31)33-30-20-12-13-21-32(30)42(34(33)38)28-18-10-5-11-19-28/h3-27H,1-2H3;3-24H,1-2H3. The molecule has 11 aromatic carbocycles. The third-order valence-corrected chi connectivity index (χ3v) is 18.5. The van der Waals surface area contributed by atoms with Crippen LogP contribution in [0.3, 0.4) is 0 Å². The largest absolute Gasteiger partial charge is 0.312 e. The quantitative estimate of drug-likeness (QED) is 0.151. The van der Waals surface area contributed by atoms with Gasteiger partial charge in [0.25, 0.3) is 0 Å². The van der Waals surface area contributed by atoms with E-state index in [1.807, 2.05) is 78.9 Å². The Morgan fingerprint density at radius 2 is 0.538 bits per heavy atom. The molecule has 2 aliphatic rings. The van der Waals surface area contributed by atoms with Gasteiger partial charge in [0.2, 0.25) is 5.95 Å². The van der Waals surface area contributed by atoms with Gasteiger partial charge in [0.15, 0.2) is 29.1 Å². The van der Waals surface area contributed by atoms with E-state index in [0.717, 1.165) is 38.9 Å². The van der Waals surface area contributed by atoms with E-state index in [2.05, 4.69) is 248 Å². The van der Waals surface area contributed by atoms with Gasteiger partial charge in [-0.3, -0.25) is 4.57 Å². The van der Waals surface area contributed by atoms with Crippen LogP contribution in [0.5, 0.6) is 0 Å². The highest BCUT2D eigenvalue weighted by Gasteiger charge is 2.43. The van der Waals surface area contributed by atoms with Crippen molar-refractivity contribution in [1.82, 2.24) is 43.6 Å². The molecule has 9 heteroatoms. The fourth-order valence-electron chi connectivity index (χ4n) is 14.4. The van der Waals surface area contributed by atoms with Gasteiger partial charge >= 0.3 is 0 Å². The molecule has 0 amide bonds. The molecule has 5 heterocycles. The summed E-state index contributed by atoms with van der Waals surface area (Å²) in [6.07, 6.45) is 0. The molecule has 0 aliphatic heterocycles. The van der Waals surface area contributed by atoms with Crippen molar-refractivity contribution in [1.29, 1.82) is 0 Å². The molecule has 432 valence electrons. The summed E-state index contributed by atoms with van der Waals surface area (Å²) in [6, 6.07) is 99.7. The summed E-state index contributed by atoms with van der Waals surface area (Å²) in [5, 5.41) is 4.88. The van der Waals surface area contributed by atoms with Crippen molar-refractivity contribution < 1.29 is 0 Å². The van der Waals surface area contributed by atoms with E-state index in [1.54, 1.807) is 0 Å². The molecule has 0 fully saturated rings. The summed E-state index contributed by atoms with van der Waals surface area (Å²) in [7, 11) is 0. The van der Waals surface area contributed by atoms with Gasteiger partial charge in [0.1, 0.15) is 0 Å². The summed E-state index contributed by atoms with van der Waals surface area (Å²) in [5.41, 5.74) is 21.6. The smallest absolute Gasteiger partial charge is 0.238 e. The fraction of sp³-hybridized carbons (Fsp3) is 0.0732. The molecule has 91 heavy (non-hydrogen) atoms. The molecule has 0 radical (unpaired) electrons.